The predicted octanol–water partition coefficient (Wildman–Crippen LogP) is 4.70. The van der Waals surface area contributed by atoms with Crippen LogP contribution in [0.4, 0.5) is 0 Å². The molecule has 0 bridgehead atoms. The first kappa shape index (κ1) is 24.5. The van der Waals surface area contributed by atoms with E-state index in [0.717, 1.165) is 0 Å². The summed E-state index contributed by atoms with van der Waals surface area (Å²) in [5.41, 5.74) is 1.40. The molecular formula is C24H32O5. The van der Waals surface area contributed by atoms with Crippen LogP contribution < -0.4 is 0 Å². The first-order valence-electron chi connectivity index (χ1n) is 9.78. The van der Waals surface area contributed by atoms with Crippen LogP contribution in [0, 0.1) is 0 Å². The second-order valence-electron chi connectivity index (χ2n) is 7.24. The molecule has 2 aromatic carbocycles. The minimum Gasteiger partial charge on any atom is -0.469 e. The number of hydrogen-bond acceptors (Lipinski definition) is 5. The van der Waals surface area contributed by atoms with Gasteiger partial charge in [-0.2, -0.15) is 0 Å². The van der Waals surface area contributed by atoms with E-state index in [1.54, 1.807) is 55.5 Å². The molecule has 0 spiro atoms. The molecule has 5 heteroatoms. The summed E-state index contributed by atoms with van der Waals surface area (Å²) in [7, 11) is 1.31. The van der Waals surface area contributed by atoms with Crippen LogP contribution in [0.2, 0.25) is 0 Å². The molecule has 2 rings (SSSR count). The van der Waals surface area contributed by atoms with Crippen LogP contribution in [-0.4, -0.2) is 36.2 Å². The molecule has 0 saturated carbocycles. The van der Waals surface area contributed by atoms with E-state index in [9.17, 15) is 14.7 Å². The normalized spacial score (nSPS) is 12.7. The van der Waals surface area contributed by atoms with Crippen molar-refractivity contribution in [3.8, 4) is 0 Å². The Morgan fingerprint density at radius 1 is 0.828 bits per heavy atom. The van der Waals surface area contributed by atoms with E-state index in [1.165, 1.54) is 7.11 Å². The second kappa shape index (κ2) is 12.1. The highest BCUT2D eigenvalue weighted by atomic mass is 16.5. The van der Waals surface area contributed by atoms with E-state index in [-0.39, 0.29) is 0 Å². The number of carbonyl (C=O) groups is 2. The van der Waals surface area contributed by atoms with Crippen LogP contribution in [0.5, 0.6) is 0 Å². The first-order chi connectivity index (χ1) is 13.7. The molecule has 0 heterocycles. The second-order valence-corrected chi connectivity index (χ2v) is 7.24. The van der Waals surface area contributed by atoms with E-state index in [0.29, 0.717) is 28.9 Å². The zero-order valence-corrected chi connectivity index (χ0v) is 18.1. The molecule has 0 aromatic heterocycles. The SMILES string of the molecule is CC(C)OC(C)C.COC(=O)C(C)c1ccccc1C(=O)C(O)c1ccccc1. The summed E-state index contributed by atoms with van der Waals surface area (Å²) >= 11 is 0. The van der Waals surface area contributed by atoms with Gasteiger partial charge >= 0.3 is 5.97 Å². The quantitative estimate of drug-likeness (QED) is 0.539. The molecule has 2 unspecified atom stereocenters. The lowest BCUT2D eigenvalue weighted by Crippen LogP contribution is -2.18. The Kier molecular flexibility index (Phi) is 10.3. The number of aliphatic hydroxyl groups is 1. The van der Waals surface area contributed by atoms with Crippen LogP contribution in [-0.2, 0) is 14.3 Å². The van der Waals surface area contributed by atoms with E-state index in [4.69, 9.17) is 9.47 Å². The van der Waals surface area contributed by atoms with Gasteiger partial charge in [0.05, 0.1) is 25.2 Å². The lowest BCUT2D eigenvalue weighted by molar-refractivity contribution is -0.142. The highest BCUT2D eigenvalue weighted by molar-refractivity contribution is 6.02. The summed E-state index contributed by atoms with van der Waals surface area (Å²) in [6.45, 7) is 9.84. The zero-order valence-electron chi connectivity index (χ0n) is 18.1. The van der Waals surface area contributed by atoms with Crippen molar-refractivity contribution in [2.75, 3.05) is 7.11 Å². The minimum absolute atomic E-state index is 0.330. The van der Waals surface area contributed by atoms with Crippen LogP contribution in [0.15, 0.2) is 54.6 Å². The molecule has 5 nitrogen and oxygen atoms in total. The molecular weight excluding hydrogens is 368 g/mol. The van der Waals surface area contributed by atoms with Crippen molar-refractivity contribution in [2.24, 2.45) is 0 Å². The van der Waals surface area contributed by atoms with E-state index >= 15 is 0 Å². The van der Waals surface area contributed by atoms with Crippen molar-refractivity contribution in [1.82, 2.24) is 0 Å². The molecule has 1 N–H and O–H groups in total. The number of aliphatic hydroxyl groups excluding tert-OH is 1. The average molecular weight is 401 g/mol. The van der Waals surface area contributed by atoms with Crippen molar-refractivity contribution in [3.63, 3.8) is 0 Å². The smallest absolute Gasteiger partial charge is 0.312 e. The molecule has 0 radical (unpaired) electrons. The number of ketones is 1. The molecule has 0 saturated heterocycles. The molecule has 158 valence electrons. The number of ether oxygens (including phenoxy) is 2. The molecule has 2 aromatic rings. The number of methoxy groups -OCH3 is 1. The van der Waals surface area contributed by atoms with Crippen molar-refractivity contribution in [2.45, 2.75) is 58.8 Å². The Balaban J connectivity index is 0.000000516. The maximum Gasteiger partial charge on any atom is 0.312 e. The summed E-state index contributed by atoms with van der Waals surface area (Å²) in [6, 6.07) is 15.5. The number of esters is 1. The van der Waals surface area contributed by atoms with Gasteiger partial charge in [-0.05, 0) is 45.7 Å². The standard InChI is InChI=1S/C18H18O4.C6H14O/c1-12(18(21)22-2)14-10-6-7-11-15(14)17(20)16(19)13-8-4-3-5-9-13;1-5(2)7-6(3)4/h3-12,16,19H,1-2H3;5-6H,1-4H3. The number of hydrogen-bond donors (Lipinski definition) is 1. The molecule has 0 aliphatic rings. The topological polar surface area (TPSA) is 72.8 Å². The fourth-order valence-corrected chi connectivity index (χ4v) is 2.88. The highest BCUT2D eigenvalue weighted by Gasteiger charge is 2.26. The average Bonchev–Trinajstić information content (AvgIpc) is 2.71. The first-order valence-corrected chi connectivity index (χ1v) is 9.78. The molecule has 0 aliphatic heterocycles. The Hall–Kier alpha value is -2.50. The van der Waals surface area contributed by atoms with Gasteiger partial charge < -0.3 is 14.6 Å². The number of Topliss-reactive ketones (excluding diaryl/α,β-unsaturated/α-hetero) is 1. The summed E-state index contributed by atoms with van der Waals surface area (Å²) in [4.78, 5) is 24.3. The van der Waals surface area contributed by atoms with Crippen molar-refractivity contribution >= 4 is 11.8 Å². The third-order valence-corrected chi connectivity index (χ3v) is 4.16. The van der Waals surface area contributed by atoms with E-state index in [1.807, 2.05) is 33.8 Å². The third kappa shape index (κ3) is 7.80. The predicted molar refractivity (Wildman–Crippen MR) is 114 cm³/mol. The van der Waals surface area contributed by atoms with Gasteiger partial charge in [-0.25, -0.2) is 0 Å². The Labute approximate surface area is 173 Å². The molecule has 29 heavy (non-hydrogen) atoms. The fraction of sp³-hybridized carbons (Fsp3) is 0.417. The number of rotatable bonds is 7. The Bertz CT molecular complexity index is 762. The number of benzene rings is 2. The van der Waals surface area contributed by atoms with Crippen molar-refractivity contribution < 1.29 is 24.2 Å². The highest BCUT2D eigenvalue weighted by Crippen LogP contribution is 2.26. The number of carbonyl (C=O) groups excluding carboxylic acids is 2. The van der Waals surface area contributed by atoms with Gasteiger partial charge in [-0.3, -0.25) is 9.59 Å². The maximum atomic E-state index is 12.6. The molecule has 0 fully saturated rings. The van der Waals surface area contributed by atoms with Gasteiger partial charge in [-0.1, -0.05) is 54.6 Å². The van der Waals surface area contributed by atoms with Gasteiger partial charge in [0.2, 0.25) is 0 Å². The van der Waals surface area contributed by atoms with Crippen molar-refractivity contribution in [3.05, 3.63) is 71.3 Å². The maximum absolute atomic E-state index is 12.6. The Morgan fingerprint density at radius 3 is 1.83 bits per heavy atom. The lowest BCUT2D eigenvalue weighted by atomic mass is 9.90. The van der Waals surface area contributed by atoms with Gasteiger partial charge in [0, 0.05) is 5.56 Å². The minimum atomic E-state index is -1.26. The van der Waals surface area contributed by atoms with Gasteiger partial charge in [0.25, 0.3) is 0 Å². The zero-order chi connectivity index (χ0) is 22.0. The van der Waals surface area contributed by atoms with Crippen molar-refractivity contribution in [1.29, 1.82) is 0 Å². The van der Waals surface area contributed by atoms with Gasteiger partial charge in [0.15, 0.2) is 5.78 Å². The van der Waals surface area contributed by atoms with Gasteiger partial charge in [-0.15, -0.1) is 0 Å². The van der Waals surface area contributed by atoms with Crippen LogP contribution in [0.3, 0.4) is 0 Å². The summed E-state index contributed by atoms with van der Waals surface area (Å²) in [5, 5.41) is 10.3. The molecule has 0 aliphatic carbocycles. The monoisotopic (exact) mass is 400 g/mol. The van der Waals surface area contributed by atoms with Gasteiger partial charge in [0.1, 0.15) is 6.10 Å². The van der Waals surface area contributed by atoms with Crippen LogP contribution in [0.1, 0.15) is 68.1 Å². The van der Waals surface area contributed by atoms with E-state index < -0.39 is 23.8 Å². The van der Waals surface area contributed by atoms with Crippen LogP contribution >= 0.6 is 0 Å². The summed E-state index contributed by atoms with van der Waals surface area (Å²) in [5.74, 6) is -1.43. The lowest BCUT2D eigenvalue weighted by Gasteiger charge is -2.16. The Morgan fingerprint density at radius 2 is 1.34 bits per heavy atom. The summed E-state index contributed by atoms with van der Waals surface area (Å²) in [6.07, 6.45) is -0.507. The molecule has 2 atom stereocenters. The van der Waals surface area contributed by atoms with Crippen LogP contribution in [0.25, 0.3) is 0 Å². The third-order valence-electron chi connectivity index (χ3n) is 4.16. The summed E-state index contributed by atoms with van der Waals surface area (Å²) < 4.78 is 9.98. The largest absolute Gasteiger partial charge is 0.469 e. The fourth-order valence-electron chi connectivity index (χ4n) is 2.88. The molecule has 0 amide bonds. The van der Waals surface area contributed by atoms with E-state index in [2.05, 4.69) is 0 Å².